The number of aliphatic hydroxyl groups excluding tert-OH is 1. The Kier molecular flexibility index (Phi) is 5.89. The molecule has 0 saturated carbocycles. The van der Waals surface area contributed by atoms with Crippen molar-refractivity contribution in [3.63, 3.8) is 0 Å². The van der Waals surface area contributed by atoms with E-state index in [1.54, 1.807) is 17.9 Å². The molecule has 28 heavy (non-hydrogen) atoms. The lowest BCUT2D eigenvalue weighted by Crippen LogP contribution is -2.39. The lowest BCUT2D eigenvalue weighted by atomic mass is 9.89. The van der Waals surface area contributed by atoms with Gasteiger partial charge in [0.05, 0.1) is 23.2 Å². The predicted octanol–water partition coefficient (Wildman–Crippen LogP) is 3.98. The number of carbonyl (C=O) groups is 1. The number of pyridine rings is 1. The molecule has 2 atom stereocenters. The fourth-order valence-corrected chi connectivity index (χ4v) is 4.40. The first-order valence-electron chi connectivity index (χ1n) is 9.29. The highest BCUT2D eigenvalue weighted by Crippen LogP contribution is 2.38. The van der Waals surface area contributed by atoms with Crippen LogP contribution in [-0.2, 0) is 13.0 Å². The first-order chi connectivity index (χ1) is 13.1. The molecule has 0 spiro atoms. The maximum absolute atomic E-state index is 13.2. The highest BCUT2D eigenvalue weighted by molar-refractivity contribution is 6.37. The van der Waals surface area contributed by atoms with Crippen molar-refractivity contribution in [3.8, 4) is 0 Å². The maximum Gasteiger partial charge on any atom is 0.256 e. The third-order valence-electron chi connectivity index (χ3n) is 5.53. The van der Waals surface area contributed by atoms with E-state index in [0.717, 1.165) is 16.8 Å². The Balaban J connectivity index is 2.02. The number of fused-ring (bicyclic) bond motifs is 1. The maximum atomic E-state index is 13.2. The number of rotatable bonds is 4. The van der Waals surface area contributed by atoms with Crippen LogP contribution in [-0.4, -0.2) is 33.5 Å². The SMILES string of the molecule is Cc1cc(C)c(CN2CCc3c(Cl)cc([C@@H](C)[C@H](C)O)c(Cl)c3C2=O)c(=O)[nH]1. The molecule has 5 nitrogen and oxygen atoms in total. The summed E-state index contributed by atoms with van der Waals surface area (Å²) in [6.07, 6.45) is -0.0682. The molecule has 7 heteroatoms. The van der Waals surface area contributed by atoms with Gasteiger partial charge in [-0.05, 0) is 56.0 Å². The van der Waals surface area contributed by atoms with Crippen LogP contribution in [0.1, 0.15) is 58.1 Å². The Labute approximate surface area is 174 Å². The number of hydrogen-bond donors (Lipinski definition) is 2. The molecule has 150 valence electrons. The molecule has 2 aromatic rings. The number of amides is 1. The molecule has 2 heterocycles. The molecule has 1 amide bonds. The zero-order chi connectivity index (χ0) is 20.7. The number of aromatic nitrogens is 1. The van der Waals surface area contributed by atoms with Gasteiger partial charge in [-0.3, -0.25) is 9.59 Å². The van der Waals surface area contributed by atoms with Gasteiger partial charge in [0.2, 0.25) is 0 Å². The standard InChI is InChI=1S/C21H24Cl2N2O3/c1-10-7-11(2)24-20(27)16(10)9-25-6-5-14-17(22)8-15(12(3)13(4)26)19(23)18(14)21(25)28/h7-8,12-13,26H,5-6,9H2,1-4H3,(H,24,27)/t12-,13-/m0/s1. The number of nitrogens with one attached hydrogen (secondary N) is 1. The van der Waals surface area contributed by atoms with E-state index in [-0.39, 0.29) is 23.9 Å². The number of hydrogen-bond acceptors (Lipinski definition) is 3. The smallest absolute Gasteiger partial charge is 0.256 e. The molecule has 2 N–H and O–H groups in total. The summed E-state index contributed by atoms with van der Waals surface area (Å²) in [5.41, 5.74) is 3.77. The topological polar surface area (TPSA) is 73.4 Å². The number of nitrogens with zero attached hydrogens (tertiary/aromatic N) is 1. The number of aryl methyl sites for hydroxylation is 2. The number of aromatic amines is 1. The van der Waals surface area contributed by atoms with Crippen LogP contribution in [0.4, 0.5) is 0 Å². The van der Waals surface area contributed by atoms with Gasteiger partial charge in [0.15, 0.2) is 0 Å². The van der Waals surface area contributed by atoms with E-state index in [9.17, 15) is 14.7 Å². The Morgan fingerprint density at radius 2 is 1.89 bits per heavy atom. The molecule has 0 fully saturated rings. The van der Waals surface area contributed by atoms with Gasteiger partial charge in [-0.25, -0.2) is 0 Å². The van der Waals surface area contributed by atoms with Crippen molar-refractivity contribution in [1.29, 1.82) is 0 Å². The molecule has 0 saturated heterocycles. The lowest BCUT2D eigenvalue weighted by Gasteiger charge is -2.31. The quantitative estimate of drug-likeness (QED) is 0.782. The zero-order valence-corrected chi connectivity index (χ0v) is 17.9. The highest BCUT2D eigenvalue weighted by atomic mass is 35.5. The monoisotopic (exact) mass is 422 g/mol. The first-order valence-corrected chi connectivity index (χ1v) is 10.0. The van der Waals surface area contributed by atoms with Crippen molar-refractivity contribution in [2.45, 2.75) is 52.7 Å². The average Bonchev–Trinajstić information content (AvgIpc) is 2.61. The lowest BCUT2D eigenvalue weighted by molar-refractivity contribution is 0.0726. The minimum atomic E-state index is -0.629. The van der Waals surface area contributed by atoms with Crippen LogP contribution >= 0.6 is 23.2 Å². The molecule has 0 bridgehead atoms. The minimum Gasteiger partial charge on any atom is -0.393 e. The normalized spacial score (nSPS) is 16.1. The molecule has 1 aliphatic heterocycles. The van der Waals surface area contributed by atoms with E-state index in [1.165, 1.54) is 0 Å². The van der Waals surface area contributed by atoms with E-state index >= 15 is 0 Å². The molecule has 1 aromatic carbocycles. The molecule has 0 unspecified atom stereocenters. The van der Waals surface area contributed by atoms with E-state index in [2.05, 4.69) is 4.98 Å². The number of aliphatic hydroxyl groups is 1. The number of halogens is 2. The van der Waals surface area contributed by atoms with Crippen molar-refractivity contribution in [2.24, 2.45) is 0 Å². The Bertz CT molecular complexity index is 998. The van der Waals surface area contributed by atoms with Crippen LogP contribution in [0.25, 0.3) is 0 Å². The summed E-state index contributed by atoms with van der Waals surface area (Å²) in [4.78, 5) is 30.0. The van der Waals surface area contributed by atoms with Crippen LogP contribution < -0.4 is 5.56 Å². The van der Waals surface area contributed by atoms with Crippen molar-refractivity contribution in [3.05, 3.63) is 66.0 Å². The van der Waals surface area contributed by atoms with Gasteiger partial charge >= 0.3 is 0 Å². The largest absolute Gasteiger partial charge is 0.393 e. The van der Waals surface area contributed by atoms with E-state index in [0.29, 0.717) is 39.7 Å². The summed E-state index contributed by atoms with van der Waals surface area (Å²) in [5, 5.41) is 10.8. The van der Waals surface area contributed by atoms with Gasteiger partial charge in [0, 0.05) is 28.7 Å². The van der Waals surface area contributed by atoms with E-state index in [1.807, 2.05) is 26.8 Å². The van der Waals surface area contributed by atoms with Crippen LogP contribution in [0.2, 0.25) is 10.0 Å². The molecule has 1 aromatic heterocycles. The summed E-state index contributed by atoms with van der Waals surface area (Å²) in [6, 6.07) is 3.64. The van der Waals surface area contributed by atoms with Gasteiger partial charge in [-0.2, -0.15) is 0 Å². The number of H-pyrrole nitrogens is 1. The molecular formula is C21H24Cl2N2O3. The second-order valence-electron chi connectivity index (χ2n) is 7.56. The third kappa shape index (κ3) is 3.71. The van der Waals surface area contributed by atoms with Gasteiger partial charge in [0.25, 0.3) is 11.5 Å². The van der Waals surface area contributed by atoms with Crippen LogP contribution in [0, 0.1) is 13.8 Å². The Morgan fingerprint density at radius 1 is 1.21 bits per heavy atom. The Hall–Kier alpha value is -1.82. The molecular weight excluding hydrogens is 399 g/mol. The Morgan fingerprint density at radius 3 is 2.50 bits per heavy atom. The fraction of sp³-hybridized carbons (Fsp3) is 0.429. The van der Waals surface area contributed by atoms with Crippen molar-refractivity contribution in [1.82, 2.24) is 9.88 Å². The van der Waals surface area contributed by atoms with Crippen LogP contribution in [0.15, 0.2) is 16.9 Å². The van der Waals surface area contributed by atoms with Crippen LogP contribution in [0.3, 0.4) is 0 Å². The fourth-order valence-electron chi connectivity index (χ4n) is 3.67. The summed E-state index contributed by atoms with van der Waals surface area (Å²) < 4.78 is 0. The molecule has 0 aliphatic carbocycles. The zero-order valence-electron chi connectivity index (χ0n) is 16.4. The second kappa shape index (κ2) is 7.90. The molecule has 0 radical (unpaired) electrons. The summed E-state index contributed by atoms with van der Waals surface area (Å²) in [6.45, 7) is 7.88. The summed E-state index contributed by atoms with van der Waals surface area (Å²) in [5.74, 6) is -0.507. The summed E-state index contributed by atoms with van der Waals surface area (Å²) >= 11 is 13.0. The summed E-state index contributed by atoms with van der Waals surface area (Å²) in [7, 11) is 0. The van der Waals surface area contributed by atoms with Crippen molar-refractivity contribution in [2.75, 3.05) is 6.54 Å². The number of carbonyl (C=O) groups excluding carboxylic acids is 1. The van der Waals surface area contributed by atoms with Crippen molar-refractivity contribution < 1.29 is 9.90 Å². The third-order valence-corrected chi connectivity index (χ3v) is 6.28. The van der Waals surface area contributed by atoms with Gasteiger partial charge < -0.3 is 15.0 Å². The first kappa shape index (κ1) is 20.9. The number of benzene rings is 1. The molecule has 3 rings (SSSR count). The second-order valence-corrected chi connectivity index (χ2v) is 8.35. The minimum absolute atomic E-state index is 0.184. The predicted molar refractivity (Wildman–Crippen MR) is 112 cm³/mol. The molecule has 1 aliphatic rings. The van der Waals surface area contributed by atoms with Crippen LogP contribution in [0.5, 0.6) is 0 Å². The van der Waals surface area contributed by atoms with Gasteiger partial charge in [0.1, 0.15) is 0 Å². The highest BCUT2D eigenvalue weighted by Gasteiger charge is 2.32. The van der Waals surface area contributed by atoms with Gasteiger partial charge in [-0.15, -0.1) is 0 Å². The van der Waals surface area contributed by atoms with E-state index < -0.39 is 6.10 Å². The van der Waals surface area contributed by atoms with Gasteiger partial charge in [-0.1, -0.05) is 30.1 Å². The van der Waals surface area contributed by atoms with E-state index in [4.69, 9.17) is 23.2 Å². The van der Waals surface area contributed by atoms with Crippen molar-refractivity contribution >= 4 is 29.1 Å². The average molecular weight is 423 g/mol.